The van der Waals surface area contributed by atoms with Crippen LogP contribution in [-0.2, 0) is 25.6 Å². The normalized spacial score (nSPS) is 15.2. The molecule has 0 saturated heterocycles. The van der Waals surface area contributed by atoms with Gasteiger partial charge in [-0.25, -0.2) is 4.79 Å². The Balaban J connectivity index is 2.99. The zero-order valence-electron chi connectivity index (χ0n) is 20.4. The fourth-order valence-electron chi connectivity index (χ4n) is 3.33. The molecule has 0 saturated carbocycles. The molecule has 0 radical (unpaired) electrons. The van der Waals surface area contributed by atoms with Gasteiger partial charge in [0.05, 0.1) is 12.6 Å². The molecule has 0 fully saturated rings. The maximum Gasteiger partial charge on any atom is 0.326 e. The van der Waals surface area contributed by atoms with Crippen LogP contribution in [0.5, 0.6) is 0 Å². The van der Waals surface area contributed by atoms with E-state index >= 15 is 0 Å². The van der Waals surface area contributed by atoms with Crippen molar-refractivity contribution in [1.82, 2.24) is 16.0 Å². The van der Waals surface area contributed by atoms with Gasteiger partial charge in [0.25, 0.3) is 0 Å². The first-order valence-electron chi connectivity index (χ1n) is 11.9. The molecule has 3 amide bonds. The Hall–Kier alpha value is -3.02. The number of benzene rings is 1. The number of carbonyl (C=O) groups excluding carboxylic acids is 3. The molecule has 196 valence electrons. The average Bonchev–Trinajstić information content (AvgIpc) is 2.85. The van der Waals surface area contributed by atoms with Crippen molar-refractivity contribution in [3.05, 3.63) is 35.9 Å². The third-order valence-electron chi connectivity index (χ3n) is 5.85. The number of hydrogen-bond donors (Lipinski definition) is 7. The van der Waals surface area contributed by atoms with Crippen LogP contribution in [-0.4, -0.2) is 71.2 Å². The van der Waals surface area contributed by atoms with Gasteiger partial charge >= 0.3 is 5.97 Å². The Bertz CT molecular complexity index is 822. The zero-order valence-corrected chi connectivity index (χ0v) is 20.4. The van der Waals surface area contributed by atoms with Crippen molar-refractivity contribution >= 4 is 23.7 Å². The Morgan fingerprint density at radius 3 is 2.03 bits per heavy atom. The molecule has 11 heteroatoms. The van der Waals surface area contributed by atoms with Crippen molar-refractivity contribution in [2.24, 2.45) is 17.4 Å². The molecule has 0 heterocycles. The highest BCUT2D eigenvalue weighted by atomic mass is 16.4. The highest BCUT2D eigenvalue weighted by Gasteiger charge is 2.30. The van der Waals surface area contributed by atoms with Gasteiger partial charge in [0.2, 0.25) is 17.7 Å². The van der Waals surface area contributed by atoms with Crippen molar-refractivity contribution in [3.8, 4) is 0 Å². The second kappa shape index (κ2) is 15.8. The van der Waals surface area contributed by atoms with Crippen LogP contribution >= 0.6 is 0 Å². The smallest absolute Gasteiger partial charge is 0.326 e. The van der Waals surface area contributed by atoms with Crippen LogP contribution in [0.25, 0.3) is 0 Å². The van der Waals surface area contributed by atoms with E-state index in [1.165, 1.54) is 0 Å². The van der Waals surface area contributed by atoms with E-state index in [0.717, 1.165) is 5.56 Å². The Morgan fingerprint density at radius 1 is 0.914 bits per heavy atom. The minimum atomic E-state index is -1.33. The van der Waals surface area contributed by atoms with Crippen LogP contribution in [0.4, 0.5) is 0 Å². The number of aliphatic carboxylic acids is 1. The number of carboxylic acids is 1. The summed E-state index contributed by atoms with van der Waals surface area (Å²) >= 11 is 0. The second-order valence-electron chi connectivity index (χ2n) is 8.59. The van der Waals surface area contributed by atoms with Gasteiger partial charge in [-0.1, -0.05) is 50.6 Å². The lowest BCUT2D eigenvalue weighted by Gasteiger charge is -2.25. The molecule has 5 unspecified atom stereocenters. The predicted octanol–water partition coefficient (Wildman–Crippen LogP) is -0.737. The van der Waals surface area contributed by atoms with E-state index in [-0.39, 0.29) is 18.8 Å². The summed E-state index contributed by atoms with van der Waals surface area (Å²) in [6.45, 7) is 3.37. The largest absolute Gasteiger partial charge is 0.480 e. The van der Waals surface area contributed by atoms with Gasteiger partial charge in [-0.15, -0.1) is 0 Å². The summed E-state index contributed by atoms with van der Waals surface area (Å²) in [4.78, 5) is 49.9. The molecule has 0 spiro atoms. The summed E-state index contributed by atoms with van der Waals surface area (Å²) in [5, 5.41) is 26.6. The molecule has 35 heavy (non-hydrogen) atoms. The number of carbonyl (C=O) groups is 4. The van der Waals surface area contributed by atoms with Crippen LogP contribution in [0.15, 0.2) is 30.3 Å². The van der Waals surface area contributed by atoms with E-state index in [1.54, 1.807) is 37.3 Å². The number of aliphatic hydroxyl groups is 1. The zero-order chi connectivity index (χ0) is 26.4. The van der Waals surface area contributed by atoms with Gasteiger partial charge in [0, 0.05) is 6.42 Å². The van der Waals surface area contributed by atoms with Crippen LogP contribution in [0.1, 0.15) is 45.1 Å². The van der Waals surface area contributed by atoms with Crippen LogP contribution in [0, 0.1) is 5.92 Å². The van der Waals surface area contributed by atoms with Gasteiger partial charge in [-0.05, 0) is 37.3 Å². The Labute approximate surface area is 206 Å². The maximum absolute atomic E-state index is 13.0. The summed E-state index contributed by atoms with van der Waals surface area (Å²) in [5.41, 5.74) is 12.1. The lowest BCUT2D eigenvalue weighted by molar-refractivity contribution is -0.142. The third kappa shape index (κ3) is 10.4. The van der Waals surface area contributed by atoms with Crippen LogP contribution in [0.3, 0.4) is 0 Å². The predicted molar refractivity (Wildman–Crippen MR) is 131 cm³/mol. The number of hydrogen-bond acceptors (Lipinski definition) is 7. The lowest BCUT2D eigenvalue weighted by Crippen LogP contribution is -2.59. The molecule has 0 aliphatic rings. The highest BCUT2D eigenvalue weighted by molar-refractivity contribution is 5.94. The van der Waals surface area contributed by atoms with Crippen LogP contribution < -0.4 is 27.4 Å². The molecule has 0 aliphatic carbocycles. The topological polar surface area (TPSA) is 197 Å². The number of aliphatic hydroxyl groups excluding tert-OH is 1. The molecule has 5 atom stereocenters. The number of carboxylic acid groups (broad SMARTS) is 1. The number of amides is 3. The van der Waals surface area contributed by atoms with E-state index < -0.39 is 54.5 Å². The average molecular weight is 494 g/mol. The van der Waals surface area contributed by atoms with Crippen molar-refractivity contribution in [3.63, 3.8) is 0 Å². The minimum absolute atomic E-state index is 0.0754. The van der Waals surface area contributed by atoms with Crippen molar-refractivity contribution in [1.29, 1.82) is 0 Å². The van der Waals surface area contributed by atoms with Crippen molar-refractivity contribution < 1.29 is 29.4 Å². The number of rotatable bonds is 16. The van der Waals surface area contributed by atoms with Gasteiger partial charge in [-0.2, -0.15) is 0 Å². The number of nitrogens with one attached hydrogen (secondary N) is 3. The fourth-order valence-corrected chi connectivity index (χ4v) is 3.33. The van der Waals surface area contributed by atoms with E-state index in [9.17, 15) is 29.4 Å². The second-order valence-corrected chi connectivity index (χ2v) is 8.59. The van der Waals surface area contributed by atoms with Crippen LogP contribution in [0.2, 0.25) is 0 Å². The molecule has 1 aromatic carbocycles. The van der Waals surface area contributed by atoms with Gasteiger partial charge < -0.3 is 37.6 Å². The van der Waals surface area contributed by atoms with Gasteiger partial charge in [-0.3, -0.25) is 14.4 Å². The summed E-state index contributed by atoms with van der Waals surface area (Å²) in [5.74, 6) is -3.41. The molecule has 11 nitrogen and oxygen atoms in total. The summed E-state index contributed by atoms with van der Waals surface area (Å²) < 4.78 is 0. The number of unbranched alkanes of at least 4 members (excludes halogenated alkanes) is 1. The molecule has 0 aromatic heterocycles. The molecule has 9 N–H and O–H groups in total. The van der Waals surface area contributed by atoms with Crippen molar-refractivity contribution in [2.45, 2.75) is 70.1 Å². The van der Waals surface area contributed by atoms with E-state index in [2.05, 4.69) is 16.0 Å². The molecule has 1 rings (SSSR count). The van der Waals surface area contributed by atoms with Gasteiger partial charge in [0.1, 0.15) is 18.1 Å². The molecule has 1 aromatic rings. The lowest BCUT2D eigenvalue weighted by atomic mass is 9.99. The molecule has 0 bridgehead atoms. The third-order valence-corrected chi connectivity index (χ3v) is 5.85. The minimum Gasteiger partial charge on any atom is -0.480 e. The van der Waals surface area contributed by atoms with Crippen molar-refractivity contribution in [2.75, 3.05) is 13.2 Å². The molecule has 0 aliphatic heterocycles. The van der Waals surface area contributed by atoms with E-state index in [1.807, 2.05) is 6.92 Å². The Kier molecular flexibility index (Phi) is 13.5. The monoisotopic (exact) mass is 493 g/mol. The SMILES string of the molecule is CCC(C)C(N)C(=O)NC(CO)C(=O)NC(Cc1ccccc1)C(=O)NC(CCCCN)C(=O)O. The summed E-state index contributed by atoms with van der Waals surface area (Å²) in [6.07, 6.45) is 2.04. The van der Waals surface area contributed by atoms with E-state index in [0.29, 0.717) is 25.8 Å². The standard InChI is InChI=1S/C24H39N5O6/c1-3-15(2)20(26)23(33)29-19(14-30)22(32)28-18(13-16-9-5-4-6-10-16)21(31)27-17(24(34)35)11-7-8-12-25/h4-6,9-10,15,17-20,30H,3,7-8,11-14,25-26H2,1-2H3,(H,27,31)(H,28,32)(H,29,33)(H,34,35). The fraction of sp³-hybridized carbons (Fsp3) is 0.583. The summed E-state index contributed by atoms with van der Waals surface area (Å²) in [7, 11) is 0. The first kappa shape index (κ1) is 30.0. The highest BCUT2D eigenvalue weighted by Crippen LogP contribution is 2.08. The summed E-state index contributed by atoms with van der Waals surface area (Å²) in [6, 6.07) is 4.38. The quantitative estimate of drug-likeness (QED) is 0.146. The number of nitrogens with two attached hydrogens (primary N) is 2. The molecular weight excluding hydrogens is 454 g/mol. The molecular formula is C24H39N5O6. The first-order chi connectivity index (χ1) is 16.6. The van der Waals surface area contributed by atoms with Gasteiger partial charge in [0.15, 0.2) is 0 Å². The first-order valence-corrected chi connectivity index (χ1v) is 11.9. The maximum atomic E-state index is 13.0. The van der Waals surface area contributed by atoms with E-state index in [4.69, 9.17) is 11.5 Å². The Morgan fingerprint density at radius 2 is 1.49 bits per heavy atom.